The van der Waals surface area contributed by atoms with E-state index in [-0.39, 0.29) is 5.91 Å². The van der Waals surface area contributed by atoms with Crippen LogP contribution in [-0.2, 0) is 11.2 Å². The molecule has 1 heterocycles. The maximum absolute atomic E-state index is 11.9. The Labute approximate surface area is 144 Å². The van der Waals surface area contributed by atoms with Gasteiger partial charge in [0.05, 0.1) is 23.9 Å². The van der Waals surface area contributed by atoms with Crippen molar-refractivity contribution in [3.63, 3.8) is 0 Å². The number of hydrogen-bond donors (Lipinski definition) is 2. The molecule has 124 valence electrons. The maximum Gasteiger partial charge on any atom is 0.230 e. The summed E-state index contributed by atoms with van der Waals surface area (Å²) >= 11 is 1.41. The molecule has 1 aromatic heterocycles. The molecule has 6 heteroatoms. The minimum atomic E-state index is 0.00830. The standard InChI is InChI=1S/C18H19N3O2S/c1-23-14-8-6-13(7-9-14)10-11-19-17(22)12-24-18-20-15-4-2-3-5-16(15)21-18/h2-9H,10-12H2,1H3,(H,19,22)(H,20,21). The second-order valence-corrected chi connectivity index (χ2v) is 6.26. The second-order valence-electron chi connectivity index (χ2n) is 5.30. The quantitative estimate of drug-likeness (QED) is 0.648. The average molecular weight is 341 g/mol. The van der Waals surface area contributed by atoms with E-state index in [4.69, 9.17) is 4.74 Å². The van der Waals surface area contributed by atoms with E-state index in [1.807, 2.05) is 48.5 Å². The van der Waals surface area contributed by atoms with Crippen molar-refractivity contribution in [3.8, 4) is 5.75 Å². The van der Waals surface area contributed by atoms with E-state index < -0.39 is 0 Å². The van der Waals surface area contributed by atoms with Crippen LogP contribution < -0.4 is 10.1 Å². The smallest absolute Gasteiger partial charge is 0.230 e. The van der Waals surface area contributed by atoms with Gasteiger partial charge in [-0.15, -0.1) is 0 Å². The SMILES string of the molecule is COc1ccc(CCNC(=O)CSc2nc3ccccc3[nH]2)cc1. The fourth-order valence-electron chi connectivity index (χ4n) is 2.32. The van der Waals surface area contributed by atoms with E-state index >= 15 is 0 Å². The summed E-state index contributed by atoms with van der Waals surface area (Å²) in [6.45, 7) is 0.617. The van der Waals surface area contributed by atoms with Crippen LogP contribution >= 0.6 is 11.8 Å². The number of benzene rings is 2. The number of ether oxygens (including phenoxy) is 1. The fourth-order valence-corrected chi connectivity index (χ4v) is 3.04. The Morgan fingerprint density at radius 1 is 1.21 bits per heavy atom. The number of para-hydroxylation sites is 2. The predicted molar refractivity (Wildman–Crippen MR) is 96.5 cm³/mol. The van der Waals surface area contributed by atoms with Crippen LogP contribution in [0.3, 0.4) is 0 Å². The van der Waals surface area contributed by atoms with Gasteiger partial charge in [0.2, 0.25) is 5.91 Å². The number of nitrogens with zero attached hydrogens (tertiary/aromatic N) is 1. The zero-order valence-electron chi connectivity index (χ0n) is 13.4. The van der Waals surface area contributed by atoms with Crippen LogP contribution in [0.25, 0.3) is 11.0 Å². The van der Waals surface area contributed by atoms with Gasteiger partial charge in [0, 0.05) is 6.54 Å². The lowest BCUT2D eigenvalue weighted by molar-refractivity contribution is -0.118. The van der Waals surface area contributed by atoms with E-state index in [9.17, 15) is 4.79 Å². The maximum atomic E-state index is 11.9. The normalized spacial score (nSPS) is 10.7. The summed E-state index contributed by atoms with van der Waals surface area (Å²) in [7, 11) is 1.65. The van der Waals surface area contributed by atoms with Gasteiger partial charge in [0.15, 0.2) is 5.16 Å². The van der Waals surface area contributed by atoms with Crippen molar-refractivity contribution in [1.82, 2.24) is 15.3 Å². The molecule has 0 spiro atoms. The van der Waals surface area contributed by atoms with Crippen molar-refractivity contribution in [2.45, 2.75) is 11.6 Å². The van der Waals surface area contributed by atoms with Crippen LogP contribution in [-0.4, -0.2) is 35.3 Å². The van der Waals surface area contributed by atoms with E-state index in [0.29, 0.717) is 12.3 Å². The number of rotatable bonds is 7. The van der Waals surface area contributed by atoms with Crippen LogP contribution in [0, 0.1) is 0 Å². The van der Waals surface area contributed by atoms with E-state index in [2.05, 4.69) is 15.3 Å². The number of aromatic nitrogens is 2. The van der Waals surface area contributed by atoms with Crippen LogP contribution in [0.15, 0.2) is 53.7 Å². The largest absolute Gasteiger partial charge is 0.497 e. The van der Waals surface area contributed by atoms with Crippen molar-refractivity contribution in [3.05, 3.63) is 54.1 Å². The molecule has 0 saturated heterocycles. The molecule has 0 aliphatic rings. The van der Waals surface area contributed by atoms with E-state index in [0.717, 1.165) is 28.4 Å². The van der Waals surface area contributed by atoms with Gasteiger partial charge in [0.1, 0.15) is 5.75 Å². The highest BCUT2D eigenvalue weighted by atomic mass is 32.2. The predicted octanol–water partition coefficient (Wildman–Crippen LogP) is 3.02. The Hall–Kier alpha value is -2.47. The molecule has 5 nitrogen and oxygen atoms in total. The summed E-state index contributed by atoms with van der Waals surface area (Å²) in [6, 6.07) is 15.7. The summed E-state index contributed by atoms with van der Waals surface area (Å²) in [4.78, 5) is 19.6. The zero-order valence-corrected chi connectivity index (χ0v) is 14.2. The molecule has 0 aliphatic carbocycles. The third kappa shape index (κ3) is 4.29. The Morgan fingerprint density at radius 2 is 2.00 bits per heavy atom. The minimum Gasteiger partial charge on any atom is -0.497 e. The molecule has 0 saturated carbocycles. The van der Waals surface area contributed by atoms with Gasteiger partial charge >= 0.3 is 0 Å². The monoisotopic (exact) mass is 341 g/mol. The molecular weight excluding hydrogens is 322 g/mol. The van der Waals surface area contributed by atoms with Gasteiger partial charge in [0.25, 0.3) is 0 Å². The Bertz CT molecular complexity index is 782. The molecule has 0 unspecified atom stereocenters. The summed E-state index contributed by atoms with van der Waals surface area (Å²) < 4.78 is 5.13. The second kappa shape index (κ2) is 7.88. The summed E-state index contributed by atoms with van der Waals surface area (Å²) in [6.07, 6.45) is 0.797. The number of carbonyl (C=O) groups excluding carboxylic acids is 1. The number of methoxy groups -OCH3 is 1. The number of H-pyrrole nitrogens is 1. The first-order valence-corrected chi connectivity index (χ1v) is 8.70. The van der Waals surface area contributed by atoms with Gasteiger partial charge < -0.3 is 15.0 Å². The number of thioether (sulfide) groups is 1. The molecule has 1 amide bonds. The first-order chi connectivity index (χ1) is 11.7. The Morgan fingerprint density at radius 3 is 2.75 bits per heavy atom. The number of carbonyl (C=O) groups is 1. The first kappa shape index (κ1) is 16.4. The van der Waals surface area contributed by atoms with Crippen LogP contribution in [0.2, 0.25) is 0 Å². The average Bonchev–Trinajstić information content (AvgIpc) is 3.03. The summed E-state index contributed by atoms with van der Waals surface area (Å²) in [5, 5.41) is 3.70. The Kier molecular flexibility index (Phi) is 5.38. The lowest BCUT2D eigenvalue weighted by atomic mass is 10.1. The van der Waals surface area contributed by atoms with Crippen molar-refractivity contribution in [2.75, 3.05) is 19.4 Å². The third-order valence-corrected chi connectivity index (χ3v) is 4.48. The van der Waals surface area contributed by atoms with Gasteiger partial charge in [-0.1, -0.05) is 36.0 Å². The number of nitrogens with one attached hydrogen (secondary N) is 2. The van der Waals surface area contributed by atoms with Gasteiger partial charge in [-0.25, -0.2) is 4.98 Å². The molecule has 24 heavy (non-hydrogen) atoms. The van der Waals surface area contributed by atoms with E-state index in [1.54, 1.807) is 7.11 Å². The molecule has 0 atom stereocenters. The highest BCUT2D eigenvalue weighted by molar-refractivity contribution is 7.99. The van der Waals surface area contributed by atoms with Crippen LogP contribution in [0.5, 0.6) is 5.75 Å². The number of aromatic amines is 1. The molecule has 0 bridgehead atoms. The molecular formula is C18H19N3O2S. The number of imidazole rings is 1. The molecule has 3 aromatic rings. The van der Waals surface area contributed by atoms with Gasteiger partial charge in [-0.2, -0.15) is 0 Å². The Balaban J connectivity index is 1.42. The molecule has 0 fully saturated rings. The van der Waals surface area contributed by atoms with Crippen molar-refractivity contribution < 1.29 is 9.53 Å². The topological polar surface area (TPSA) is 67.0 Å². The summed E-state index contributed by atoms with van der Waals surface area (Å²) in [5.74, 6) is 1.20. The van der Waals surface area contributed by atoms with Crippen molar-refractivity contribution in [2.24, 2.45) is 0 Å². The first-order valence-electron chi connectivity index (χ1n) is 7.72. The highest BCUT2D eigenvalue weighted by Crippen LogP contribution is 2.18. The van der Waals surface area contributed by atoms with Gasteiger partial charge in [-0.05, 0) is 36.2 Å². The van der Waals surface area contributed by atoms with E-state index in [1.165, 1.54) is 17.3 Å². The number of fused-ring (bicyclic) bond motifs is 1. The molecule has 0 radical (unpaired) electrons. The van der Waals surface area contributed by atoms with Crippen molar-refractivity contribution in [1.29, 1.82) is 0 Å². The molecule has 2 N–H and O–H groups in total. The molecule has 0 aliphatic heterocycles. The number of amides is 1. The zero-order chi connectivity index (χ0) is 16.8. The lowest BCUT2D eigenvalue weighted by Gasteiger charge is -2.05. The van der Waals surface area contributed by atoms with Crippen LogP contribution in [0.1, 0.15) is 5.56 Å². The van der Waals surface area contributed by atoms with Crippen molar-refractivity contribution >= 4 is 28.7 Å². The lowest BCUT2D eigenvalue weighted by Crippen LogP contribution is -2.27. The minimum absolute atomic E-state index is 0.00830. The molecule has 2 aromatic carbocycles. The third-order valence-electron chi connectivity index (χ3n) is 3.60. The number of hydrogen-bond acceptors (Lipinski definition) is 4. The van der Waals surface area contributed by atoms with Gasteiger partial charge in [-0.3, -0.25) is 4.79 Å². The fraction of sp³-hybridized carbons (Fsp3) is 0.222. The summed E-state index contributed by atoms with van der Waals surface area (Å²) in [5.41, 5.74) is 3.07. The molecule has 3 rings (SSSR count). The highest BCUT2D eigenvalue weighted by Gasteiger charge is 2.06. The van der Waals surface area contributed by atoms with Crippen LogP contribution in [0.4, 0.5) is 0 Å².